The smallest absolute Gasteiger partial charge is 0.343 e. The van der Waals surface area contributed by atoms with Crippen molar-refractivity contribution in [1.82, 2.24) is 14.7 Å². The van der Waals surface area contributed by atoms with Gasteiger partial charge in [-0.3, -0.25) is 4.90 Å². The molecule has 1 N–H and O–H groups in total. The topological polar surface area (TPSA) is 86.1 Å². The average Bonchev–Trinajstić information content (AvgIpc) is 3.24. The molecule has 0 amide bonds. The van der Waals surface area contributed by atoms with Crippen LogP contribution in [0.4, 0.5) is 0 Å². The number of rotatable bonds is 10. The number of carboxylic acid groups (broad SMARTS) is 1. The standard InChI is InChI=1S/C26H31N3O5/c1-3-22-24(26(30)31)25(34-18-15-28-13-16-32-17-14-28)29(27-22)20-11-9-19(10-12-20)21-7-5-6-8-23(21)33-4-2/h5-12H,3-4,13-18H2,1-2H3,(H,30,31). The van der Waals surface area contributed by atoms with E-state index in [1.807, 2.05) is 62.4 Å². The molecule has 4 rings (SSSR count). The van der Waals surface area contributed by atoms with E-state index >= 15 is 0 Å². The summed E-state index contributed by atoms with van der Waals surface area (Å²) in [6, 6.07) is 15.7. The minimum Gasteiger partial charge on any atom is -0.493 e. The van der Waals surface area contributed by atoms with E-state index in [1.54, 1.807) is 4.68 Å². The van der Waals surface area contributed by atoms with Crippen molar-refractivity contribution in [2.45, 2.75) is 20.3 Å². The predicted molar refractivity (Wildman–Crippen MR) is 129 cm³/mol. The number of aromatic carboxylic acids is 1. The first-order valence-corrected chi connectivity index (χ1v) is 11.7. The fourth-order valence-corrected chi connectivity index (χ4v) is 4.08. The minimum atomic E-state index is -1.04. The molecular weight excluding hydrogens is 434 g/mol. The average molecular weight is 466 g/mol. The molecule has 0 saturated carbocycles. The number of benzene rings is 2. The molecule has 2 heterocycles. The summed E-state index contributed by atoms with van der Waals surface area (Å²) in [6.07, 6.45) is 0.494. The quantitative estimate of drug-likeness (QED) is 0.486. The maximum Gasteiger partial charge on any atom is 0.343 e. The highest BCUT2D eigenvalue weighted by atomic mass is 16.5. The van der Waals surface area contributed by atoms with Crippen molar-refractivity contribution >= 4 is 5.97 Å². The Morgan fingerprint density at radius 2 is 1.79 bits per heavy atom. The van der Waals surface area contributed by atoms with Crippen LogP contribution in [0.25, 0.3) is 16.8 Å². The van der Waals surface area contributed by atoms with Crippen molar-refractivity contribution in [1.29, 1.82) is 0 Å². The molecule has 1 aliphatic rings. The van der Waals surface area contributed by atoms with Crippen LogP contribution in [0.15, 0.2) is 48.5 Å². The lowest BCUT2D eigenvalue weighted by molar-refractivity contribution is 0.0317. The van der Waals surface area contributed by atoms with Crippen LogP contribution in [-0.4, -0.2) is 71.8 Å². The van der Waals surface area contributed by atoms with Gasteiger partial charge in [-0.15, -0.1) is 0 Å². The summed E-state index contributed by atoms with van der Waals surface area (Å²) in [5.74, 6) is 0.0530. The third-order valence-corrected chi connectivity index (χ3v) is 5.82. The molecular formula is C26H31N3O5. The highest BCUT2D eigenvalue weighted by Crippen LogP contribution is 2.32. The molecule has 3 aromatic rings. The van der Waals surface area contributed by atoms with E-state index in [2.05, 4.69) is 10.00 Å². The normalized spacial score (nSPS) is 14.2. The van der Waals surface area contributed by atoms with Crippen LogP contribution >= 0.6 is 0 Å². The van der Waals surface area contributed by atoms with E-state index < -0.39 is 5.97 Å². The largest absolute Gasteiger partial charge is 0.493 e. The molecule has 1 fully saturated rings. The number of hydrogen-bond donors (Lipinski definition) is 1. The van der Waals surface area contributed by atoms with Crippen molar-refractivity contribution in [3.63, 3.8) is 0 Å². The zero-order chi connectivity index (χ0) is 23.9. The van der Waals surface area contributed by atoms with Crippen LogP contribution in [0.1, 0.15) is 29.9 Å². The number of carboxylic acids is 1. The third-order valence-electron chi connectivity index (χ3n) is 5.82. The van der Waals surface area contributed by atoms with Gasteiger partial charge in [-0.1, -0.05) is 37.3 Å². The van der Waals surface area contributed by atoms with E-state index in [-0.39, 0.29) is 11.4 Å². The van der Waals surface area contributed by atoms with Gasteiger partial charge in [0.2, 0.25) is 5.88 Å². The first kappa shape index (κ1) is 23.8. The summed E-state index contributed by atoms with van der Waals surface area (Å²) in [6.45, 7) is 8.61. The number of ether oxygens (including phenoxy) is 3. The molecule has 180 valence electrons. The zero-order valence-electron chi connectivity index (χ0n) is 19.7. The van der Waals surface area contributed by atoms with Crippen molar-refractivity contribution in [3.05, 3.63) is 59.8 Å². The van der Waals surface area contributed by atoms with Crippen LogP contribution < -0.4 is 9.47 Å². The number of para-hydroxylation sites is 1. The molecule has 1 aliphatic heterocycles. The Labute approximate surface area is 199 Å². The van der Waals surface area contributed by atoms with Crippen LogP contribution in [0.2, 0.25) is 0 Å². The summed E-state index contributed by atoms with van der Waals surface area (Å²) in [5.41, 5.74) is 3.36. The number of aryl methyl sites for hydroxylation is 1. The van der Waals surface area contributed by atoms with Gasteiger partial charge in [0, 0.05) is 25.2 Å². The Balaban J connectivity index is 1.62. The maximum atomic E-state index is 12.1. The highest BCUT2D eigenvalue weighted by Gasteiger charge is 2.25. The van der Waals surface area contributed by atoms with Crippen LogP contribution in [0.3, 0.4) is 0 Å². The van der Waals surface area contributed by atoms with E-state index in [0.717, 1.165) is 35.7 Å². The van der Waals surface area contributed by atoms with Gasteiger partial charge >= 0.3 is 5.97 Å². The van der Waals surface area contributed by atoms with E-state index in [0.29, 0.717) is 45.1 Å². The van der Waals surface area contributed by atoms with Gasteiger partial charge in [-0.25, -0.2) is 9.48 Å². The summed E-state index contributed by atoms with van der Waals surface area (Å²) in [5, 5.41) is 14.5. The first-order valence-electron chi connectivity index (χ1n) is 11.7. The molecule has 0 unspecified atom stereocenters. The Hall–Kier alpha value is -3.36. The highest BCUT2D eigenvalue weighted by molar-refractivity contribution is 5.92. The molecule has 0 radical (unpaired) electrons. The SMILES string of the molecule is CCOc1ccccc1-c1ccc(-n2nc(CC)c(C(=O)O)c2OCCN2CCOCC2)cc1. The lowest BCUT2D eigenvalue weighted by Gasteiger charge is -2.26. The second kappa shape index (κ2) is 11.2. The second-order valence-electron chi connectivity index (χ2n) is 7.98. The van der Waals surface area contributed by atoms with Crippen LogP contribution in [0.5, 0.6) is 11.6 Å². The molecule has 0 bridgehead atoms. The molecule has 1 saturated heterocycles. The van der Waals surface area contributed by atoms with Crippen LogP contribution in [0, 0.1) is 0 Å². The van der Waals surface area contributed by atoms with Crippen molar-refractivity contribution in [3.8, 4) is 28.4 Å². The predicted octanol–water partition coefficient (Wildman–Crippen LogP) is 3.91. The fourth-order valence-electron chi connectivity index (χ4n) is 4.08. The van der Waals surface area contributed by atoms with Crippen molar-refractivity contribution < 1.29 is 24.1 Å². The lowest BCUT2D eigenvalue weighted by atomic mass is 10.0. The Kier molecular flexibility index (Phi) is 7.82. The second-order valence-corrected chi connectivity index (χ2v) is 7.98. The van der Waals surface area contributed by atoms with Gasteiger partial charge in [0.15, 0.2) is 0 Å². The Morgan fingerprint density at radius 3 is 2.47 bits per heavy atom. The lowest BCUT2D eigenvalue weighted by Crippen LogP contribution is -2.38. The molecule has 1 aromatic heterocycles. The summed E-state index contributed by atoms with van der Waals surface area (Å²) in [7, 11) is 0. The van der Waals surface area contributed by atoms with Gasteiger partial charge in [-0.05, 0) is 37.1 Å². The molecule has 0 spiro atoms. The molecule has 0 atom stereocenters. The molecule has 8 heteroatoms. The molecule has 34 heavy (non-hydrogen) atoms. The van der Waals surface area contributed by atoms with E-state index in [4.69, 9.17) is 14.2 Å². The summed E-state index contributed by atoms with van der Waals surface area (Å²) in [4.78, 5) is 14.3. The van der Waals surface area contributed by atoms with Gasteiger partial charge < -0.3 is 19.3 Å². The summed E-state index contributed by atoms with van der Waals surface area (Å²) >= 11 is 0. The summed E-state index contributed by atoms with van der Waals surface area (Å²) < 4.78 is 18.8. The monoisotopic (exact) mass is 465 g/mol. The number of nitrogens with zero attached hydrogens (tertiary/aromatic N) is 3. The molecule has 2 aromatic carbocycles. The third kappa shape index (κ3) is 5.24. The van der Waals surface area contributed by atoms with Crippen LogP contribution in [-0.2, 0) is 11.2 Å². The van der Waals surface area contributed by atoms with Crippen molar-refractivity contribution in [2.75, 3.05) is 46.1 Å². The fraction of sp³-hybridized carbons (Fsp3) is 0.385. The first-order chi connectivity index (χ1) is 16.6. The maximum absolute atomic E-state index is 12.1. The molecule has 8 nitrogen and oxygen atoms in total. The van der Waals surface area contributed by atoms with Gasteiger partial charge in [0.25, 0.3) is 0 Å². The van der Waals surface area contributed by atoms with Gasteiger partial charge in [0.05, 0.1) is 31.2 Å². The van der Waals surface area contributed by atoms with Gasteiger partial charge in [0.1, 0.15) is 17.9 Å². The van der Waals surface area contributed by atoms with Gasteiger partial charge in [-0.2, -0.15) is 5.10 Å². The van der Waals surface area contributed by atoms with E-state index in [9.17, 15) is 9.90 Å². The number of hydrogen-bond acceptors (Lipinski definition) is 6. The Morgan fingerprint density at radius 1 is 1.06 bits per heavy atom. The number of carbonyl (C=O) groups is 1. The number of aromatic nitrogens is 2. The van der Waals surface area contributed by atoms with Crippen molar-refractivity contribution in [2.24, 2.45) is 0 Å². The zero-order valence-corrected chi connectivity index (χ0v) is 19.7. The molecule has 0 aliphatic carbocycles. The Bertz CT molecular complexity index is 1100. The minimum absolute atomic E-state index is 0.121. The number of morpholine rings is 1. The van der Waals surface area contributed by atoms with E-state index in [1.165, 1.54) is 0 Å².